The lowest BCUT2D eigenvalue weighted by atomic mass is 10.5. The minimum absolute atomic E-state index is 0.282. The molecule has 1 rings (SSSR count). The number of imide groups is 1. The Bertz CT molecular complexity index is 411. The van der Waals surface area contributed by atoms with Crippen LogP contribution in [0.5, 0.6) is 0 Å². The molecule has 0 saturated carbocycles. The van der Waals surface area contributed by atoms with Crippen LogP contribution in [0.1, 0.15) is 0 Å². The van der Waals surface area contributed by atoms with Gasteiger partial charge in [-0.2, -0.15) is 0 Å². The normalized spacial score (nSPS) is 9.43. The summed E-state index contributed by atoms with van der Waals surface area (Å²) in [5.41, 5.74) is 4.34. The van der Waals surface area contributed by atoms with Crippen LogP contribution in [0, 0.1) is 0 Å². The van der Waals surface area contributed by atoms with Gasteiger partial charge in [0, 0.05) is 12.3 Å². The van der Waals surface area contributed by atoms with E-state index in [1.807, 2.05) is 5.32 Å². The molecule has 7 heteroatoms. The zero-order valence-electron chi connectivity index (χ0n) is 7.14. The van der Waals surface area contributed by atoms with Crippen molar-refractivity contribution in [2.45, 2.75) is 6.54 Å². The van der Waals surface area contributed by atoms with Crippen molar-refractivity contribution in [3.05, 3.63) is 28.9 Å². The lowest BCUT2D eigenvalue weighted by Crippen LogP contribution is -2.38. The van der Waals surface area contributed by atoms with Gasteiger partial charge in [-0.3, -0.25) is 19.5 Å². The minimum Gasteiger partial charge on any atom is -0.351 e. The fourth-order valence-electron chi connectivity index (χ4n) is 0.829. The first kappa shape index (κ1) is 9.90. The van der Waals surface area contributed by atoms with E-state index in [0.29, 0.717) is 0 Å². The molecule has 0 aliphatic carbocycles. The molecule has 1 aromatic heterocycles. The van der Waals surface area contributed by atoms with Crippen LogP contribution in [-0.2, 0) is 11.3 Å². The average molecular weight is 196 g/mol. The fraction of sp³-hybridized carbons (Fsp3) is 0.143. The van der Waals surface area contributed by atoms with Crippen molar-refractivity contribution in [1.29, 1.82) is 0 Å². The van der Waals surface area contributed by atoms with Gasteiger partial charge in [-0.25, -0.2) is 9.78 Å². The zero-order valence-corrected chi connectivity index (χ0v) is 7.14. The van der Waals surface area contributed by atoms with E-state index in [4.69, 9.17) is 5.73 Å². The third-order valence-electron chi connectivity index (χ3n) is 1.37. The number of carbonyl (C=O) groups is 2. The maximum absolute atomic E-state index is 11.1. The van der Waals surface area contributed by atoms with E-state index in [-0.39, 0.29) is 12.1 Å². The van der Waals surface area contributed by atoms with Gasteiger partial charge in [0.05, 0.1) is 6.33 Å². The molecule has 0 bridgehead atoms. The summed E-state index contributed by atoms with van der Waals surface area (Å²) >= 11 is 0. The molecular weight excluding hydrogens is 188 g/mol. The number of carbonyl (C=O) groups excluding carboxylic acids is 2. The molecule has 0 aliphatic rings. The van der Waals surface area contributed by atoms with Crippen LogP contribution in [0.4, 0.5) is 4.79 Å². The van der Waals surface area contributed by atoms with E-state index in [2.05, 4.69) is 4.98 Å². The predicted molar refractivity (Wildman–Crippen MR) is 46.2 cm³/mol. The Labute approximate surface area is 78.5 Å². The zero-order chi connectivity index (χ0) is 10.6. The third kappa shape index (κ3) is 2.70. The fourth-order valence-corrected chi connectivity index (χ4v) is 0.829. The highest BCUT2D eigenvalue weighted by atomic mass is 16.2. The first-order valence-electron chi connectivity index (χ1n) is 3.69. The molecule has 1 aromatic rings. The molecule has 0 aliphatic heterocycles. The largest absolute Gasteiger partial charge is 0.351 e. The molecule has 0 atom stereocenters. The number of primary amides is 1. The van der Waals surface area contributed by atoms with Crippen molar-refractivity contribution in [2.24, 2.45) is 5.73 Å². The monoisotopic (exact) mass is 196 g/mol. The lowest BCUT2D eigenvalue weighted by Gasteiger charge is -2.02. The molecule has 7 nitrogen and oxygen atoms in total. The maximum atomic E-state index is 11.1. The highest BCUT2D eigenvalue weighted by Crippen LogP contribution is 1.78. The van der Waals surface area contributed by atoms with Gasteiger partial charge < -0.3 is 5.73 Å². The third-order valence-corrected chi connectivity index (χ3v) is 1.37. The van der Waals surface area contributed by atoms with Crippen molar-refractivity contribution in [3.8, 4) is 0 Å². The van der Waals surface area contributed by atoms with Crippen LogP contribution in [0.25, 0.3) is 0 Å². The molecule has 14 heavy (non-hydrogen) atoms. The van der Waals surface area contributed by atoms with Crippen molar-refractivity contribution in [2.75, 3.05) is 0 Å². The number of amides is 3. The van der Waals surface area contributed by atoms with E-state index < -0.39 is 11.9 Å². The number of hydrogen-bond donors (Lipinski definition) is 2. The van der Waals surface area contributed by atoms with Gasteiger partial charge in [0.2, 0.25) is 5.91 Å². The molecule has 3 N–H and O–H groups in total. The van der Waals surface area contributed by atoms with E-state index in [0.717, 1.165) is 4.57 Å². The van der Waals surface area contributed by atoms with E-state index in [1.54, 1.807) is 0 Å². The summed E-state index contributed by atoms with van der Waals surface area (Å²) in [5, 5.41) is 1.83. The van der Waals surface area contributed by atoms with E-state index in [1.165, 1.54) is 18.6 Å². The Balaban J connectivity index is 2.70. The minimum atomic E-state index is -0.952. The van der Waals surface area contributed by atoms with Gasteiger partial charge in [-0.05, 0) is 0 Å². The number of nitrogens with zero attached hydrogens (tertiary/aromatic N) is 2. The summed E-state index contributed by atoms with van der Waals surface area (Å²) in [7, 11) is 0. The van der Waals surface area contributed by atoms with E-state index >= 15 is 0 Å². The Morgan fingerprint density at radius 1 is 1.57 bits per heavy atom. The smallest absolute Gasteiger partial charge is 0.318 e. The second-order valence-corrected chi connectivity index (χ2v) is 2.46. The number of aromatic nitrogens is 2. The van der Waals surface area contributed by atoms with Gasteiger partial charge in [-0.15, -0.1) is 0 Å². The number of nitrogens with one attached hydrogen (secondary N) is 1. The summed E-state index contributed by atoms with van der Waals surface area (Å²) in [4.78, 5) is 36.0. The number of urea groups is 1. The summed E-state index contributed by atoms with van der Waals surface area (Å²) in [5.74, 6) is -0.660. The van der Waals surface area contributed by atoms with Crippen LogP contribution in [0.2, 0.25) is 0 Å². The summed E-state index contributed by atoms with van der Waals surface area (Å²) in [6.07, 6.45) is 2.51. The van der Waals surface area contributed by atoms with Gasteiger partial charge in [0.1, 0.15) is 6.54 Å². The first-order valence-corrected chi connectivity index (χ1v) is 3.69. The van der Waals surface area contributed by atoms with Crippen molar-refractivity contribution in [1.82, 2.24) is 14.9 Å². The summed E-state index contributed by atoms with van der Waals surface area (Å²) in [6.45, 7) is -0.282. The van der Waals surface area contributed by atoms with Crippen LogP contribution in [0.15, 0.2) is 23.4 Å². The molecule has 0 aromatic carbocycles. The quantitative estimate of drug-likeness (QED) is 0.596. The highest BCUT2D eigenvalue weighted by Gasteiger charge is 2.05. The van der Waals surface area contributed by atoms with Crippen LogP contribution < -0.4 is 16.6 Å². The molecule has 0 spiro atoms. The standard InChI is InChI=1S/C7H8N4O3/c8-7(14)10-5(12)3-11-4-9-2-1-6(11)13/h1-2,4H,3H2,(H3,8,10,12,14). The van der Waals surface area contributed by atoms with Crippen LogP contribution in [0.3, 0.4) is 0 Å². The average Bonchev–Trinajstić information content (AvgIpc) is 2.07. The predicted octanol–water partition coefficient (Wildman–Crippen LogP) is -1.56. The molecule has 0 saturated heterocycles. The first-order chi connectivity index (χ1) is 6.59. The topological polar surface area (TPSA) is 107 Å². The Hall–Kier alpha value is -2.18. The Morgan fingerprint density at radius 2 is 2.29 bits per heavy atom. The second kappa shape index (κ2) is 4.17. The van der Waals surface area contributed by atoms with Gasteiger partial charge in [0.15, 0.2) is 0 Å². The van der Waals surface area contributed by atoms with Crippen molar-refractivity contribution < 1.29 is 9.59 Å². The molecular formula is C7H8N4O3. The number of rotatable bonds is 2. The van der Waals surface area contributed by atoms with Crippen molar-refractivity contribution in [3.63, 3.8) is 0 Å². The van der Waals surface area contributed by atoms with E-state index in [9.17, 15) is 14.4 Å². The number of hydrogen-bond acceptors (Lipinski definition) is 4. The van der Waals surface area contributed by atoms with Gasteiger partial charge in [0.25, 0.3) is 5.56 Å². The highest BCUT2D eigenvalue weighted by molar-refractivity contribution is 5.93. The molecule has 0 fully saturated rings. The molecule has 1 heterocycles. The lowest BCUT2D eigenvalue weighted by molar-refractivity contribution is -0.120. The summed E-state index contributed by atoms with van der Waals surface area (Å²) in [6, 6.07) is 0.254. The maximum Gasteiger partial charge on any atom is 0.318 e. The Morgan fingerprint density at radius 3 is 2.86 bits per heavy atom. The molecule has 3 amide bonds. The van der Waals surface area contributed by atoms with Gasteiger partial charge in [-0.1, -0.05) is 0 Å². The molecule has 0 unspecified atom stereocenters. The van der Waals surface area contributed by atoms with Crippen LogP contribution in [-0.4, -0.2) is 21.5 Å². The van der Waals surface area contributed by atoms with Crippen molar-refractivity contribution >= 4 is 11.9 Å². The molecule has 74 valence electrons. The van der Waals surface area contributed by atoms with Crippen LogP contribution >= 0.6 is 0 Å². The number of nitrogens with two attached hydrogens (primary N) is 1. The summed E-state index contributed by atoms with van der Waals surface area (Å²) < 4.78 is 1.05. The van der Waals surface area contributed by atoms with Gasteiger partial charge >= 0.3 is 6.03 Å². The molecule has 0 radical (unpaired) electrons. The second-order valence-electron chi connectivity index (χ2n) is 2.46. The SMILES string of the molecule is NC(=O)NC(=O)Cn1cnccc1=O. The Kier molecular flexibility index (Phi) is 2.95.